The van der Waals surface area contributed by atoms with Crippen LogP contribution < -0.4 is 5.56 Å². The average molecular weight is 370 g/mol. The van der Waals surface area contributed by atoms with E-state index in [1.165, 1.54) is 0 Å². The van der Waals surface area contributed by atoms with E-state index in [1.807, 2.05) is 29.2 Å². The molecule has 0 radical (unpaired) electrons. The van der Waals surface area contributed by atoms with E-state index in [2.05, 4.69) is 0 Å². The molecular weight excluding hydrogens is 351 g/mol. The van der Waals surface area contributed by atoms with Crippen molar-refractivity contribution in [2.75, 3.05) is 33.4 Å². The minimum absolute atomic E-state index is 0.0345. The zero-order valence-corrected chi connectivity index (χ0v) is 14.9. The number of para-hydroxylation sites is 1. The summed E-state index contributed by atoms with van der Waals surface area (Å²) in [5, 5.41) is 0.785. The van der Waals surface area contributed by atoms with Crippen molar-refractivity contribution < 1.29 is 13.6 Å². The van der Waals surface area contributed by atoms with Crippen molar-refractivity contribution in [3.8, 4) is 0 Å². The van der Waals surface area contributed by atoms with Crippen molar-refractivity contribution in [1.82, 2.24) is 19.4 Å². The lowest BCUT2D eigenvalue weighted by Crippen LogP contribution is -2.34. The fourth-order valence-electron chi connectivity index (χ4n) is 4.40. The summed E-state index contributed by atoms with van der Waals surface area (Å²) in [6.07, 6.45) is 0. The van der Waals surface area contributed by atoms with E-state index in [0.717, 1.165) is 5.39 Å². The maximum atomic E-state index is 13.3. The Morgan fingerprint density at radius 3 is 2.89 bits per heavy atom. The minimum Gasteiger partial charge on any atom is -0.448 e. The Hall–Kier alpha value is -2.74. The van der Waals surface area contributed by atoms with Gasteiger partial charge < -0.3 is 9.32 Å². The molecule has 2 aromatic heterocycles. The third-order valence-corrected chi connectivity index (χ3v) is 5.67. The maximum Gasteiger partial charge on any atom is 0.297 e. The van der Waals surface area contributed by atoms with Gasteiger partial charge in [0.25, 0.3) is 5.56 Å². The van der Waals surface area contributed by atoms with E-state index in [4.69, 9.17) is 9.40 Å². The molecule has 0 bridgehead atoms. The molecule has 2 atom stereocenters. The van der Waals surface area contributed by atoms with E-state index >= 15 is 0 Å². The van der Waals surface area contributed by atoms with Crippen LogP contribution in [0.15, 0.2) is 33.5 Å². The van der Waals surface area contributed by atoms with Gasteiger partial charge in [-0.15, -0.1) is 0 Å². The molecule has 4 heterocycles. The van der Waals surface area contributed by atoms with Gasteiger partial charge in [-0.05, 0) is 12.1 Å². The summed E-state index contributed by atoms with van der Waals surface area (Å²) in [5.74, 6) is 0.126. The van der Waals surface area contributed by atoms with Gasteiger partial charge >= 0.3 is 0 Å². The number of alkyl halides is 1. The lowest BCUT2D eigenvalue weighted by molar-refractivity contribution is -0.134. The second-order valence-corrected chi connectivity index (χ2v) is 7.30. The topological polar surface area (TPSA) is 71.6 Å². The van der Waals surface area contributed by atoms with Crippen LogP contribution in [0.25, 0.3) is 22.1 Å². The number of rotatable bonds is 2. The van der Waals surface area contributed by atoms with E-state index in [9.17, 15) is 14.0 Å². The van der Waals surface area contributed by atoms with E-state index < -0.39 is 6.67 Å². The maximum absolute atomic E-state index is 13.3. The molecule has 27 heavy (non-hydrogen) atoms. The first-order valence-electron chi connectivity index (χ1n) is 9.04. The number of hydrogen-bond donors (Lipinski definition) is 0. The van der Waals surface area contributed by atoms with Gasteiger partial charge in [0.05, 0.1) is 18.5 Å². The third kappa shape index (κ3) is 2.32. The fourth-order valence-corrected chi connectivity index (χ4v) is 4.40. The number of nitrogens with zero attached hydrogens (tertiary/aromatic N) is 4. The van der Waals surface area contributed by atoms with Gasteiger partial charge in [-0.25, -0.2) is 9.37 Å². The normalized spacial score (nSPS) is 23.0. The van der Waals surface area contributed by atoms with Crippen LogP contribution in [0, 0.1) is 5.92 Å². The van der Waals surface area contributed by atoms with Crippen LogP contribution in [-0.4, -0.2) is 58.6 Å². The van der Waals surface area contributed by atoms with Crippen molar-refractivity contribution in [3.63, 3.8) is 0 Å². The molecule has 1 aromatic carbocycles. The quantitative estimate of drug-likeness (QED) is 0.685. The Bertz CT molecular complexity index is 1120. The zero-order valence-electron chi connectivity index (χ0n) is 14.9. The van der Waals surface area contributed by atoms with Crippen LogP contribution in [-0.2, 0) is 11.3 Å². The average Bonchev–Trinajstić information content (AvgIpc) is 3.21. The van der Waals surface area contributed by atoms with E-state index in [0.29, 0.717) is 30.0 Å². The van der Waals surface area contributed by atoms with Crippen LogP contribution in [0.3, 0.4) is 0 Å². The number of fused-ring (bicyclic) bond motifs is 6. The van der Waals surface area contributed by atoms with Crippen molar-refractivity contribution in [2.24, 2.45) is 5.92 Å². The van der Waals surface area contributed by atoms with Crippen LogP contribution in [0.1, 0.15) is 11.9 Å². The highest BCUT2D eigenvalue weighted by molar-refractivity contribution is 6.01. The molecule has 0 N–H and O–H groups in total. The first-order valence-corrected chi connectivity index (χ1v) is 9.04. The van der Waals surface area contributed by atoms with Gasteiger partial charge in [-0.2, -0.15) is 0 Å². The van der Waals surface area contributed by atoms with Crippen LogP contribution >= 0.6 is 0 Å². The summed E-state index contributed by atoms with van der Waals surface area (Å²) in [6, 6.07) is 7.05. The standard InChI is InChI=1S/C19H19FN4O3/c1-22-10-15-21-16-11-4-2-3-5-14(11)27-17(16)19(26)24(15)13-9-23(7-6-20)8-12(13)18(22)25/h2-5,12-13H,6-10H2,1H3/t12-,13-/m1/s1. The number of halogens is 1. The van der Waals surface area contributed by atoms with Gasteiger partial charge in [0, 0.05) is 32.1 Å². The Balaban J connectivity index is 1.76. The van der Waals surface area contributed by atoms with Gasteiger partial charge in [0.1, 0.15) is 23.6 Å². The van der Waals surface area contributed by atoms with E-state index in [-0.39, 0.29) is 42.1 Å². The number of carbonyl (C=O) groups is 1. The molecule has 2 aliphatic heterocycles. The highest BCUT2D eigenvalue weighted by Crippen LogP contribution is 2.34. The summed E-state index contributed by atoms with van der Waals surface area (Å²) in [7, 11) is 1.72. The van der Waals surface area contributed by atoms with Crippen LogP contribution in [0.4, 0.5) is 4.39 Å². The second-order valence-electron chi connectivity index (χ2n) is 7.30. The second kappa shape index (κ2) is 5.88. The number of amides is 1. The summed E-state index contributed by atoms with van der Waals surface area (Å²) in [6.45, 7) is 0.941. The van der Waals surface area contributed by atoms with Gasteiger partial charge in [-0.3, -0.25) is 19.1 Å². The Morgan fingerprint density at radius 1 is 1.26 bits per heavy atom. The molecule has 2 aliphatic rings. The van der Waals surface area contributed by atoms with Crippen molar-refractivity contribution in [3.05, 3.63) is 40.4 Å². The Kier molecular flexibility index (Phi) is 3.58. The number of likely N-dealkylation sites (tertiary alicyclic amines) is 1. The van der Waals surface area contributed by atoms with Crippen molar-refractivity contribution in [1.29, 1.82) is 0 Å². The smallest absolute Gasteiger partial charge is 0.297 e. The molecule has 0 unspecified atom stereocenters. The van der Waals surface area contributed by atoms with Crippen LogP contribution in [0.2, 0.25) is 0 Å². The third-order valence-electron chi connectivity index (χ3n) is 5.67. The molecule has 1 fully saturated rings. The highest BCUT2D eigenvalue weighted by atomic mass is 19.1. The molecule has 5 rings (SSSR count). The highest BCUT2D eigenvalue weighted by Gasteiger charge is 2.44. The summed E-state index contributed by atoms with van der Waals surface area (Å²) in [5.41, 5.74) is 1.08. The number of furan rings is 1. The first-order chi connectivity index (χ1) is 13.1. The number of benzene rings is 1. The number of hydrogen-bond acceptors (Lipinski definition) is 5. The Morgan fingerprint density at radius 2 is 2.07 bits per heavy atom. The van der Waals surface area contributed by atoms with Gasteiger partial charge in [0.2, 0.25) is 11.5 Å². The lowest BCUT2D eigenvalue weighted by atomic mass is 10.0. The SMILES string of the molecule is CN1Cc2nc3c(oc4ccccc43)c(=O)n2[C@@H]2CN(CCF)C[C@H]2C1=O. The molecule has 0 aliphatic carbocycles. The molecule has 140 valence electrons. The van der Waals surface area contributed by atoms with E-state index in [1.54, 1.807) is 16.5 Å². The number of aromatic nitrogens is 2. The molecule has 1 saturated heterocycles. The lowest BCUT2D eigenvalue weighted by Gasteiger charge is -2.18. The fraction of sp³-hybridized carbons (Fsp3) is 0.421. The molecule has 1 amide bonds. The van der Waals surface area contributed by atoms with Crippen molar-refractivity contribution >= 4 is 28.0 Å². The van der Waals surface area contributed by atoms with Gasteiger partial charge in [0.15, 0.2) is 0 Å². The van der Waals surface area contributed by atoms with Gasteiger partial charge in [-0.1, -0.05) is 12.1 Å². The monoisotopic (exact) mass is 370 g/mol. The largest absolute Gasteiger partial charge is 0.448 e. The molecule has 0 spiro atoms. The predicted molar refractivity (Wildman–Crippen MR) is 97.2 cm³/mol. The Labute approximate surface area is 154 Å². The minimum atomic E-state index is -0.480. The summed E-state index contributed by atoms with van der Waals surface area (Å²) in [4.78, 5) is 34.4. The van der Waals surface area contributed by atoms with Crippen molar-refractivity contribution in [2.45, 2.75) is 12.6 Å². The zero-order chi connectivity index (χ0) is 18.7. The summed E-state index contributed by atoms with van der Waals surface area (Å²) >= 11 is 0. The molecule has 3 aromatic rings. The predicted octanol–water partition coefficient (Wildman–Crippen LogP) is 1.56. The first kappa shape index (κ1) is 16.4. The molecule has 7 nitrogen and oxygen atoms in total. The molecular formula is C19H19FN4O3. The number of carbonyl (C=O) groups excluding carboxylic acids is 1. The van der Waals surface area contributed by atoms with Crippen LogP contribution in [0.5, 0.6) is 0 Å². The molecule has 0 saturated carbocycles. The molecule has 8 heteroatoms. The summed E-state index contributed by atoms with van der Waals surface area (Å²) < 4.78 is 20.3.